The average Bonchev–Trinajstić information content (AvgIpc) is 2.92. The highest BCUT2D eigenvalue weighted by atomic mass is 16.3. The first kappa shape index (κ1) is 37.4. The van der Waals surface area contributed by atoms with E-state index in [-0.39, 0.29) is 12.5 Å². The number of carbonyl (C=O) groups is 1. The second kappa shape index (κ2) is 29.3. The molecule has 0 aromatic carbocycles. The first-order valence-corrected chi connectivity index (χ1v) is 16.8. The summed E-state index contributed by atoms with van der Waals surface area (Å²) in [6.07, 6.45) is 29.0. The molecular weight excluding hydrogens is 474 g/mol. The summed E-state index contributed by atoms with van der Waals surface area (Å²) in [5, 5.41) is 33.2. The molecule has 5 heteroatoms. The highest BCUT2D eigenvalue weighted by molar-refractivity contribution is 5.76. The SMILES string of the molecule is CCCCCCCCCCCCCCC[C@@H](O)[C@@H](O)[C@H](CO)NC(=O)CCCCCCCCCCCCC. The van der Waals surface area contributed by atoms with E-state index in [9.17, 15) is 20.1 Å². The van der Waals surface area contributed by atoms with Crippen LogP contribution in [0.3, 0.4) is 0 Å². The Morgan fingerprint density at radius 3 is 1.26 bits per heavy atom. The Morgan fingerprint density at radius 2 is 0.895 bits per heavy atom. The van der Waals surface area contributed by atoms with E-state index in [4.69, 9.17) is 0 Å². The zero-order valence-corrected chi connectivity index (χ0v) is 25.6. The lowest BCUT2D eigenvalue weighted by Crippen LogP contribution is -2.50. The Kier molecular flexibility index (Phi) is 28.8. The molecule has 0 saturated heterocycles. The van der Waals surface area contributed by atoms with Gasteiger partial charge in [-0.2, -0.15) is 0 Å². The van der Waals surface area contributed by atoms with Gasteiger partial charge in [-0.3, -0.25) is 4.79 Å². The molecule has 228 valence electrons. The standard InChI is InChI=1S/C33H67NO4/c1-3-5-7-9-11-13-15-16-18-19-21-23-25-27-31(36)33(38)30(29-35)34-32(37)28-26-24-22-20-17-14-12-10-8-6-4-2/h30-31,33,35-36,38H,3-29H2,1-2H3,(H,34,37)/t30-,31+,33-/m0/s1. The summed E-state index contributed by atoms with van der Waals surface area (Å²) in [6.45, 7) is 4.15. The summed E-state index contributed by atoms with van der Waals surface area (Å²) >= 11 is 0. The van der Waals surface area contributed by atoms with Crippen LogP contribution >= 0.6 is 0 Å². The first-order chi connectivity index (χ1) is 18.6. The van der Waals surface area contributed by atoms with Crippen LogP contribution in [0, 0.1) is 0 Å². The third kappa shape index (κ3) is 24.4. The highest BCUT2D eigenvalue weighted by Gasteiger charge is 2.26. The third-order valence-corrected chi connectivity index (χ3v) is 7.96. The molecule has 0 rings (SSSR count). The Hall–Kier alpha value is -0.650. The molecule has 3 atom stereocenters. The summed E-state index contributed by atoms with van der Waals surface area (Å²) in [5.74, 6) is -0.146. The largest absolute Gasteiger partial charge is 0.394 e. The Morgan fingerprint density at radius 1 is 0.553 bits per heavy atom. The Labute approximate surface area is 237 Å². The van der Waals surface area contributed by atoms with Crippen LogP contribution in [0.5, 0.6) is 0 Å². The molecule has 0 bridgehead atoms. The lowest BCUT2D eigenvalue weighted by molar-refractivity contribution is -0.124. The number of hydrogen-bond donors (Lipinski definition) is 4. The van der Waals surface area contributed by atoms with Crippen molar-refractivity contribution in [3.8, 4) is 0 Å². The number of unbranched alkanes of at least 4 members (excludes halogenated alkanes) is 22. The normalized spacial score (nSPS) is 13.9. The zero-order chi connectivity index (χ0) is 28.1. The van der Waals surface area contributed by atoms with E-state index in [1.54, 1.807) is 0 Å². The van der Waals surface area contributed by atoms with Crippen LogP contribution in [0.25, 0.3) is 0 Å². The van der Waals surface area contributed by atoms with Gasteiger partial charge in [0.2, 0.25) is 5.91 Å². The number of carbonyl (C=O) groups excluding carboxylic acids is 1. The molecule has 0 unspecified atom stereocenters. The maximum absolute atomic E-state index is 12.3. The van der Waals surface area contributed by atoms with Gasteiger partial charge in [0, 0.05) is 6.42 Å². The molecule has 5 nitrogen and oxygen atoms in total. The molecule has 0 aliphatic carbocycles. The van der Waals surface area contributed by atoms with Crippen LogP contribution in [-0.4, -0.2) is 46.1 Å². The third-order valence-electron chi connectivity index (χ3n) is 7.96. The monoisotopic (exact) mass is 542 g/mol. The van der Waals surface area contributed by atoms with E-state index in [0.717, 1.165) is 32.1 Å². The summed E-state index contributed by atoms with van der Waals surface area (Å²) in [4.78, 5) is 12.3. The van der Waals surface area contributed by atoms with E-state index in [1.165, 1.54) is 122 Å². The number of hydrogen-bond acceptors (Lipinski definition) is 4. The molecule has 0 aliphatic heterocycles. The van der Waals surface area contributed by atoms with Gasteiger partial charge in [0.15, 0.2) is 0 Å². The van der Waals surface area contributed by atoms with Gasteiger partial charge >= 0.3 is 0 Å². The fraction of sp³-hybridized carbons (Fsp3) is 0.970. The van der Waals surface area contributed by atoms with Crippen molar-refractivity contribution in [1.82, 2.24) is 5.32 Å². The maximum atomic E-state index is 12.3. The fourth-order valence-electron chi connectivity index (χ4n) is 5.28. The van der Waals surface area contributed by atoms with Crippen molar-refractivity contribution in [2.45, 2.75) is 199 Å². The van der Waals surface area contributed by atoms with Crippen LogP contribution in [-0.2, 0) is 4.79 Å². The molecule has 38 heavy (non-hydrogen) atoms. The van der Waals surface area contributed by atoms with Gasteiger partial charge < -0.3 is 20.6 Å². The van der Waals surface area contributed by atoms with Crippen LogP contribution < -0.4 is 5.32 Å². The highest BCUT2D eigenvalue weighted by Crippen LogP contribution is 2.15. The average molecular weight is 542 g/mol. The van der Waals surface area contributed by atoms with Crippen molar-refractivity contribution in [2.24, 2.45) is 0 Å². The van der Waals surface area contributed by atoms with E-state index in [1.807, 2.05) is 0 Å². The van der Waals surface area contributed by atoms with Gasteiger partial charge in [-0.1, -0.05) is 162 Å². The van der Waals surface area contributed by atoms with Gasteiger partial charge in [0.25, 0.3) is 0 Å². The number of aliphatic hydroxyl groups excluding tert-OH is 3. The van der Waals surface area contributed by atoms with Gasteiger partial charge in [-0.15, -0.1) is 0 Å². The number of rotatable bonds is 30. The predicted molar refractivity (Wildman–Crippen MR) is 162 cm³/mol. The number of aliphatic hydroxyl groups is 3. The molecule has 0 saturated carbocycles. The van der Waals surface area contributed by atoms with Crippen molar-refractivity contribution >= 4 is 5.91 Å². The number of amides is 1. The van der Waals surface area contributed by atoms with E-state index in [0.29, 0.717) is 12.8 Å². The first-order valence-electron chi connectivity index (χ1n) is 16.8. The van der Waals surface area contributed by atoms with Gasteiger partial charge in [-0.05, 0) is 12.8 Å². The molecule has 0 aliphatic rings. The molecule has 4 N–H and O–H groups in total. The lowest BCUT2D eigenvalue weighted by Gasteiger charge is -2.26. The number of nitrogens with one attached hydrogen (secondary N) is 1. The molecule has 0 heterocycles. The predicted octanol–water partition coefficient (Wildman–Crippen LogP) is 8.37. The minimum absolute atomic E-state index is 0.146. The van der Waals surface area contributed by atoms with E-state index in [2.05, 4.69) is 19.2 Å². The Bertz CT molecular complexity index is 488. The lowest BCUT2D eigenvalue weighted by atomic mass is 9.99. The topological polar surface area (TPSA) is 89.8 Å². The molecule has 0 aromatic rings. The Balaban J connectivity index is 3.71. The maximum Gasteiger partial charge on any atom is 0.220 e. The quantitative estimate of drug-likeness (QED) is 0.0688. The molecule has 0 spiro atoms. The zero-order valence-electron chi connectivity index (χ0n) is 25.6. The van der Waals surface area contributed by atoms with Gasteiger partial charge in [0.1, 0.15) is 6.10 Å². The second-order valence-corrected chi connectivity index (χ2v) is 11.7. The molecule has 0 radical (unpaired) electrons. The van der Waals surface area contributed by atoms with Crippen LogP contribution in [0.1, 0.15) is 181 Å². The van der Waals surface area contributed by atoms with E-state index < -0.39 is 18.2 Å². The van der Waals surface area contributed by atoms with E-state index >= 15 is 0 Å². The van der Waals surface area contributed by atoms with Crippen LogP contribution in [0.2, 0.25) is 0 Å². The molecule has 0 fully saturated rings. The van der Waals surface area contributed by atoms with Crippen molar-refractivity contribution in [3.63, 3.8) is 0 Å². The summed E-state index contributed by atoms with van der Waals surface area (Å²) in [6, 6.07) is -0.799. The van der Waals surface area contributed by atoms with Crippen molar-refractivity contribution in [1.29, 1.82) is 0 Å². The van der Waals surface area contributed by atoms with Crippen LogP contribution in [0.4, 0.5) is 0 Å². The summed E-state index contributed by atoms with van der Waals surface area (Å²) in [7, 11) is 0. The molecule has 0 aromatic heterocycles. The minimum Gasteiger partial charge on any atom is -0.394 e. The smallest absolute Gasteiger partial charge is 0.220 e. The van der Waals surface area contributed by atoms with Crippen molar-refractivity contribution in [3.05, 3.63) is 0 Å². The van der Waals surface area contributed by atoms with Crippen LogP contribution in [0.15, 0.2) is 0 Å². The molecular formula is C33H67NO4. The van der Waals surface area contributed by atoms with Gasteiger partial charge in [0.05, 0.1) is 18.8 Å². The molecule has 1 amide bonds. The van der Waals surface area contributed by atoms with Gasteiger partial charge in [-0.25, -0.2) is 0 Å². The summed E-state index contributed by atoms with van der Waals surface area (Å²) < 4.78 is 0. The van der Waals surface area contributed by atoms with Crippen molar-refractivity contribution in [2.75, 3.05) is 6.61 Å². The minimum atomic E-state index is -1.13. The summed E-state index contributed by atoms with van der Waals surface area (Å²) in [5.41, 5.74) is 0. The second-order valence-electron chi connectivity index (χ2n) is 11.7. The van der Waals surface area contributed by atoms with Crippen molar-refractivity contribution < 1.29 is 20.1 Å². The fourth-order valence-corrected chi connectivity index (χ4v) is 5.28.